The topological polar surface area (TPSA) is 35.6 Å². The lowest BCUT2D eigenvalue weighted by atomic mass is 9.96. The molecular formula is C18H27N3O. The molecule has 0 bridgehead atoms. The molecule has 3 rings (SSSR count). The zero-order valence-electron chi connectivity index (χ0n) is 13.8. The molecule has 4 nitrogen and oxygen atoms in total. The minimum atomic E-state index is 0.213. The van der Waals surface area contributed by atoms with Gasteiger partial charge < -0.3 is 10.2 Å². The van der Waals surface area contributed by atoms with E-state index in [2.05, 4.69) is 30.1 Å². The Kier molecular flexibility index (Phi) is 4.67. The second-order valence-electron chi connectivity index (χ2n) is 6.85. The first-order valence-corrected chi connectivity index (χ1v) is 8.52. The first-order chi connectivity index (χ1) is 10.6. The predicted octanol–water partition coefficient (Wildman–Crippen LogP) is 2.46. The molecule has 0 unspecified atom stereocenters. The molecule has 1 N–H and O–H groups in total. The standard InChI is InChI=1S/C18H27N3O/c1-14(2)13-20-9-11-21(12-10-20)18(22)16-5-3-7-17-15(16)6-4-8-19-17/h3,5,7,14,19H,4,6,8-13H2,1-2H3. The maximum absolute atomic E-state index is 12.9. The number of nitrogens with one attached hydrogen (secondary N) is 1. The molecule has 1 fully saturated rings. The van der Waals surface area contributed by atoms with Crippen molar-refractivity contribution in [3.63, 3.8) is 0 Å². The predicted molar refractivity (Wildman–Crippen MR) is 90.4 cm³/mol. The molecule has 4 heteroatoms. The summed E-state index contributed by atoms with van der Waals surface area (Å²) in [5.41, 5.74) is 3.26. The summed E-state index contributed by atoms with van der Waals surface area (Å²) < 4.78 is 0. The number of rotatable bonds is 3. The Hall–Kier alpha value is -1.55. The maximum Gasteiger partial charge on any atom is 0.254 e. The Balaban J connectivity index is 1.68. The van der Waals surface area contributed by atoms with Crippen LogP contribution in [0.15, 0.2) is 18.2 Å². The van der Waals surface area contributed by atoms with Gasteiger partial charge in [-0.15, -0.1) is 0 Å². The second-order valence-corrected chi connectivity index (χ2v) is 6.85. The summed E-state index contributed by atoms with van der Waals surface area (Å²) in [6.07, 6.45) is 2.12. The summed E-state index contributed by atoms with van der Waals surface area (Å²) in [7, 11) is 0. The first kappa shape index (κ1) is 15.3. The number of nitrogens with zero attached hydrogens (tertiary/aromatic N) is 2. The second kappa shape index (κ2) is 6.69. The van der Waals surface area contributed by atoms with E-state index in [1.54, 1.807) is 0 Å². The summed E-state index contributed by atoms with van der Waals surface area (Å²) in [6, 6.07) is 6.08. The van der Waals surface area contributed by atoms with Gasteiger partial charge in [0.05, 0.1) is 0 Å². The van der Waals surface area contributed by atoms with Gasteiger partial charge in [0.1, 0.15) is 0 Å². The first-order valence-electron chi connectivity index (χ1n) is 8.52. The number of carbonyl (C=O) groups excluding carboxylic acids is 1. The number of fused-ring (bicyclic) bond motifs is 1. The van der Waals surface area contributed by atoms with Crippen molar-refractivity contribution in [2.75, 3.05) is 44.6 Å². The number of amides is 1. The van der Waals surface area contributed by atoms with E-state index >= 15 is 0 Å². The summed E-state index contributed by atoms with van der Waals surface area (Å²) in [6.45, 7) is 10.3. The van der Waals surface area contributed by atoms with Gasteiger partial charge in [-0.3, -0.25) is 9.69 Å². The fourth-order valence-corrected chi connectivity index (χ4v) is 3.53. The average Bonchev–Trinajstić information content (AvgIpc) is 2.54. The molecule has 0 atom stereocenters. The van der Waals surface area contributed by atoms with Crippen molar-refractivity contribution in [2.45, 2.75) is 26.7 Å². The summed E-state index contributed by atoms with van der Waals surface area (Å²) in [4.78, 5) is 17.4. The van der Waals surface area contributed by atoms with E-state index in [9.17, 15) is 4.79 Å². The lowest BCUT2D eigenvalue weighted by molar-refractivity contribution is 0.0622. The van der Waals surface area contributed by atoms with Crippen molar-refractivity contribution >= 4 is 11.6 Å². The van der Waals surface area contributed by atoms with E-state index < -0.39 is 0 Å². The molecule has 120 valence electrons. The molecule has 2 aliphatic rings. The van der Waals surface area contributed by atoms with Crippen molar-refractivity contribution in [3.05, 3.63) is 29.3 Å². The third kappa shape index (κ3) is 3.27. The van der Waals surface area contributed by atoms with Crippen LogP contribution in [0.2, 0.25) is 0 Å². The molecule has 2 aliphatic heterocycles. The molecule has 1 aromatic carbocycles. The van der Waals surface area contributed by atoms with Crippen LogP contribution in [0.4, 0.5) is 5.69 Å². The van der Waals surface area contributed by atoms with Crippen LogP contribution in [-0.4, -0.2) is 55.0 Å². The fourth-order valence-electron chi connectivity index (χ4n) is 3.53. The van der Waals surface area contributed by atoms with E-state index in [1.165, 1.54) is 5.56 Å². The molecule has 0 spiro atoms. The zero-order chi connectivity index (χ0) is 15.5. The minimum absolute atomic E-state index is 0.213. The van der Waals surface area contributed by atoms with E-state index in [4.69, 9.17) is 0 Å². The summed E-state index contributed by atoms with van der Waals surface area (Å²) in [5.74, 6) is 0.902. The average molecular weight is 301 g/mol. The zero-order valence-corrected chi connectivity index (χ0v) is 13.8. The van der Waals surface area contributed by atoms with Gasteiger partial charge in [0.15, 0.2) is 0 Å². The van der Waals surface area contributed by atoms with Crippen molar-refractivity contribution in [3.8, 4) is 0 Å². The Morgan fingerprint density at radius 1 is 1.23 bits per heavy atom. The molecule has 22 heavy (non-hydrogen) atoms. The van der Waals surface area contributed by atoms with Gasteiger partial charge in [0.2, 0.25) is 0 Å². The van der Waals surface area contributed by atoms with Gasteiger partial charge in [-0.05, 0) is 36.5 Å². The number of anilines is 1. The molecule has 1 aromatic rings. The van der Waals surface area contributed by atoms with Crippen molar-refractivity contribution in [1.29, 1.82) is 0 Å². The third-order valence-corrected chi connectivity index (χ3v) is 4.61. The van der Waals surface area contributed by atoms with Crippen LogP contribution in [0, 0.1) is 5.92 Å². The fraction of sp³-hybridized carbons (Fsp3) is 0.611. The van der Waals surface area contributed by atoms with Gasteiger partial charge in [-0.2, -0.15) is 0 Å². The lowest BCUT2D eigenvalue weighted by Gasteiger charge is -2.36. The van der Waals surface area contributed by atoms with Crippen LogP contribution < -0.4 is 5.32 Å². The van der Waals surface area contributed by atoms with E-state index in [1.807, 2.05) is 17.0 Å². The molecule has 1 amide bonds. The summed E-state index contributed by atoms with van der Waals surface area (Å²) in [5, 5.41) is 3.41. The largest absolute Gasteiger partial charge is 0.385 e. The van der Waals surface area contributed by atoms with Crippen LogP contribution in [0.3, 0.4) is 0 Å². The van der Waals surface area contributed by atoms with Crippen molar-refractivity contribution in [1.82, 2.24) is 9.80 Å². The quantitative estimate of drug-likeness (QED) is 0.931. The highest BCUT2D eigenvalue weighted by Crippen LogP contribution is 2.26. The molecule has 0 aliphatic carbocycles. The van der Waals surface area contributed by atoms with Crippen molar-refractivity contribution in [2.24, 2.45) is 5.92 Å². The van der Waals surface area contributed by atoms with E-state index in [0.717, 1.165) is 63.4 Å². The monoisotopic (exact) mass is 301 g/mol. The Morgan fingerprint density at radius 2 is 2.00 bits per heavy atom. The molecule has 0 saturated carbocycles. The SMILES string of the molecule is CC(C)CN1CCN(C(=O)c2cccc3c2CCCN3)CC1. The van der Waals surface area contributed by atoms with Gasteiger partial charge in [-0.25, -0.2) is 0 Å². The highest BCUT2D eigenvalue weighted by atomic mass is 16.2. The Bertz CT molecular complexity index is 533. The van der Waals surface area contributed by atoms with Gasteiger partial charge >= 0.3 is 0 Å². The van der Waals surface area contributed by atoms with Gasteiger partial charge in [0, 0.05) is 50.5 Å². The van der Waals surface area contributed by atoms with Gasteiger partial charge in [0.25, 0.3) is 5.91 Å². The van der Waals surface area contributed by atoms with Crippen LogP contribution in [0.1, 0.15) is 36.2 Å². The van der Waals surface area contributed by atoms with Crippen LogP contribution >= 0.6 is 0 Å². The van der Waals surface area contributed by atoms with Crippen molar-refractivity contribution < 1.29 is 4.79 Å². The normalized spacial score (nSPS) is 19.0. The minimum Gasteiger partial charge on any atom is -0.385 e. The molecule has 0 aromatic heterocycles. The van der Waals surface area contributed by atoms with Crippen LogP contribution in [0.5, 0.6) is 0 Å². The van der Waals surface area contributed by atoms with Crippen LogP contribution in [-0.2, 0) is 6.42 Å². The third-order valence-electron chi connectivity index (χ3n) is 4.61. The molecule has 1 saturated heterocycles. The van der Waals surface area contributed by atoms with E-state index in [-0.39, 0.29) is 5.91 Å². The Labute approximate surface area is 133 Å². The van der Waals surface area contributed by atoms with Gasteiger partial charge in [-0.1, -0.05) is 19.9 Å². The maximum atomic E-state index is 12.9. The number of benzene rings is 1. The number of piperazine rings is 1. The van der Waals surface area contributed by atoms with E-state index in [0.29, 0.717) is 5.92 Å². The summed E-state index contributed by atoms with van der Waals surface area (Å²) >= 11 is 0. The van der Waals surface area contributed by atoms with Crippen LogP contribution in [0.25, 0.3) is 0 Å². The smallest absolute Gasteiger partial charge is 0.254 e. The number of hydrogen-bond donors (Lipinski definition) is 1. The lowest BCUT2D eigenvalue weighted by Crippen LogP contribution is -2.49. The highest BCUT2D eigenvalue weighted by Gasteiger charge is 2.25. The molecule has 0 radical (unpaired) electrons. The number of hydrogen-bond acceptors (Lipinski definition) is 3. The number of carbonyl (C=O) groups is 1. The molecular weight excluding hydrogens is 274 g/mol. The Morgan fingerprint density at radius 3 is 2.73 bits per heavy atom. The molecule has 2 heterocycles. The highest BCUT2D eigenvalue weighted by molar-refractivity contribution is 5.97.